The summed E-state index contributed by atoms with van der Waals surface area (Å²) in [5.74, 6) is 0. The molecule has 1 nitrogen and oxygen atoms in total. The molecule has 0 aromatic rings. The summed E-state index contributed by atoms with van der Waals surface area (Å²) in [5, 5.41) is 0. The minimum Gasteiger partial charge on any atom is -0.324 e. The largest absolute Gasteiger partial charge is 0.324 e. The highest BCUT2D eigenvalue weighted by atomic mass is 14.6. The molecule has 1 heteroatoms. The number of hydrogen-bond acceptors (Lipinski definition) is 1. The Hall–Kier alpha value is -0.560. The van der Waals surface area contributed by atoms with Crippen LogP contribution in [0.2, 0.25) is 0 Å². The first-order valence-corrected chi connectivity index (χ1v) is 5.12. The molecule has 1 aliphatic rings. The highest BCUT2D eigenvalue weighted by molar-refractivity contribution is 5.34. The predicted octanol–water partition coefficient (Wildman–Crippen LogP) is 3.03. The van der Waals surface area contributed by atoms with Crippen molar-refractivity contribution < 1.29 is 0 Å². The van der Waals surface area contributed by atoms with Crippen molar-refractivity contribution in [3.8, 4) is 0 Å². The van der Waals surface area contributed by atoms with Crippen LogP contribution in [0, 0.1) is 5.41 Å². The van der Waals surface area contributed by atoms with Crippen molar-refractivity contribution in [1.82, 2.24) is 0 Å². The standard InChI is InChI=1S/C12H21N/c1-5-12(3,4)10-6-7-11(13)9(2)8-10/h6,8,11H,5,7,13H2,1-4H3. The van der Waals surface area contributed by atoms with E-state index in [0.29, 0.717) is 5.41 Å². The summed E-state index contributed by atoms with van der Waals surface area (Å²) in [4.78, 5) is 0. The average Bonchev–Trinajstić information content (AvgIpc) is 2.09. The lowest BCUT2D eigenvalue weighted by Crippen LogP contribution is -2.25. The van der Waals surface area contributed by atoms with Crippen LogP contribution < -0.4 is 5.73 Å². The molecule has 0 radical (unpaired) electrons. The maximum atomic E-state index is 5.91. The molecular formula is C12H21N. The first kappa shape index (κ1) is 10.5. The molecule has 74 valence electrons. The van der Waals surface area contributed by atoms with Gasteiger partial charge in [0.05, 0.1) is 0 Å². The normalized spacial score (nSPS) is 23.9. The van der Waals surface area contributed by atoms with Crippen LogP contribution in [0.1, 0.15) is 40.5 Å². The van der Waals surface area contributed by atoms with Crippen LogP contribution in [0.5, 0.6) is 0 Å². The molecular weight excluding hydrogens is 158 g/mol. The number of nitrogens with two attached hydrogens (primary N) is 1. The summed E-state index contributed by atoms with van der Waals surface area (Å²) < 4.78 is 0. The zero-order valence-electron chi connectivity index (χ0n) is 9.22. The van der Waals surface area contributed by atoms with E-state index in [-0.39, 0.29) is 6.04 Å². The molecule has 1 atom stereocenters. The molecule has 1 rings (SSSR count). The molecule has 0 bridgehead atoms. The van der Waals surface area contributed by atoms with Crippen LogP contribution in [0.4, 0.5) is 0 Å². The van der Waals surface area contributed by atoms with Crippen molar-refractivity contribution in [2.45, 2.75) is 46.6 Å². The van der Waals surface area contributed by atoms with Gasteiger partial charge >= 0.3 is 0 Å². The maximum absolute atomic E-state index is 5.91. The Morgan fingerprint density at radius 1 is 1.54 bits per heavy atom. The lowest BCUT2D eigenvalue weighted by Gasteiger charge is -2.29. The van der Waals surface area contributed by atoms with Gasteiger partial charge in [-0.05, 0) is 30.8 Å². The van der Waals surface area contributed by atoms with Crippen LogP contribution in [0.25, 0.3) is 0 Å². The third-order valence-electron chi connectivity index (χ3n) is 3.23. The molecule has 0 aromatic carbocycles. The quantitative estimate of drug-likeness (QED) is 0.692. The smallest absolute Gasteiger partial charge is 0.0289 e. The second-order valence-electron chi connectivity index (χ2n) is 4.63. The van der Waals surface area contributed by atoms with Gasteiger partial charge in [0.15, 0.2) is 0 Å². The second kappa shape index (κ2) is 3.67. The summed E-state index contributed by atoms with van der Waals surface area (Å²) in [6.45, 7) is 8.95. The number of allylic oxidation sites excluding steroid dienone is 2. The van der Waals surface area contributed by atoms with Crippen molar-refractivity contribution in [3.63, 3.8) is 0 Å². The van der Waals surface area contributed by atoms with E-state index in [9.17, 15) is 0 Å². The predicted molar refractivity (Wildman–Crippen MR) is 58.5 cm³/mol. The fraction of sp³-hybridized carbons (Fsp3) is 0.667. The van der Waals surface area contributed by atoms with Crippen molar-refractivity contribution in [2.75, 3.05) is 0 Å². The van der Waals surface area contributed by atoms with Gasteiger partial charge in [0.1, 0.15) is 0 Å². The van der Waals surface area contributed by atoms with Crippen molar-refractivity contribution >= 4 is 0 Å². The van der Waals surface area contributed by atoms with Gasteiger partial charge in [-0.2, -0.15) is 0 Å². The molecule has 0 saturated heterocycles. The van der Waals surface area contributed by atoms with Crippen LogP contribution in [-0.4, -0.2) is 6.04 Å². The average molecular weight is 179 g/mol. The molecule has 13 heavy (non-hydrogen) atoms. The summed E-state index contributed by atoms with van der Waals surface area (Å²) in [6, 6.07) is 0.247. The van der Waals surface area contributed by atoms with E-state index in [2.05, 4.69) is 39.8 Å². The first-order chi connectivity index (χ1) is 5.97. The van der Waals surface area contributed by atoms with Crippen LogP contribution in [-0.2, 0) is 0 Å². The molecule has 0 spiro atoms. The van der Waals surface area contributed by atoms with Gasteiger partial charge in [0.2, 0.25) is 0 Å². The summed E-state index contributed by atoms with van der Waals surface area (Å²) in [5.41, 5.74) is 8.99. The Labute approximate surface area is 81.7 Å². The van der Waals surface area contributed by atoms with Gasteiger partial charge in [-0.1, -0.05) is 38.5 Å². The monoisotopic (exact) mass is 179 g/mol. The molecule has 0 heterocycles. The van der Waals surface area contributed by atoms with Gasteiger partial charge in [-0.25, -0.2) is 0 Å². The SMILES string of the molecule is CCC(C)(C)C1=CCC(N)C(C)=C1. The third-order valence-corrected chi connectivity index (χ3v) is 3.23. The zero-order chi connectivity index (χ0) is 10.1. The Bertz CT molecular complexity index is 246. The van der Waals surface area contributed by atoms with E-state index >= 15 is 0 Å². The van der Waals surface area contributed by atoms with Gasteiger partial charge in [-0.3, -0.25) is 0 Å². The molecule has 0 fully saturated rings. The minimum absolute atomic E-state index is 0.247. The Morgan fingerprint density at radius 3 is 2.62 bits per heavy atom. The topological polar surface area (TPSA) is 26.0 Å². The molecule has 1 aliphatic carbocycles. The Morgan fingerprint density at radius 2 is 2.15 bits per heavy atom. The summed E-state index contributed by atoms with van der Waals surface area (Å²) in [6.07, 6.45) is 6.73. The van der Waals surface area contributed by atoms with E-state index in [0.717, 1.165) is 6.42 Å². The van der Waals surface area contributed by atoms with E-state index < -0.39 is 0 Å². The van der Waals surface area contributed by atoms with Crippen LogP contribution >= 0.6 is 0 Å². The van der Waals surface area contributed by atoms with E-state index in [4.69, 9.17) is 5.73 Å². The van der Waals surface area contributed by atoms with Gasteiger partial charge < -0.3 is 5.73 Å². The minimum atomic E-state index is 0.247. The van der Waals surface area contributed by atoms with Crippen LogP contribution in [0.15, 0.2) is 23.3 Å². The highest BCUT2D eigenvalue weighted by Crippen LogP contribution is 2.34. The first-order valence-electron chi connectivity index (χ1n) is 5.12. The van der Waals surface area contributed by atoms with Gasteiger partial charge in [-0.15, -0.1) is 0 Å². The van der Waals surface area contributed by atoms with Crippen molar-refractivity contribution in [1.29, 1.82) is 0 Å². The summed E-state index contributed by atoms with van der Waals surface area (Å²) >= 11 is 0. The van der Waals surface area contributed by atoms with Gasteiger partial charge in [0.25, 0.3) is 0 Å². The van der Waals surface area contributed by atoms with E-state index in [1.807, 2.05) is 0 Å². The lowest BCUT2D eigenvalue weighted by molar-refractivity contribution is 0.434. The fourth-order valence-electron chi connectivity index (χ4n) is 1.53. The van der Waals surface area contributed by atoms with Gasteiger partial charge in [0, 0.05) is 6.04 Å². The molecule has 0 saturated carbocycles. The molecule has 0 aliphatic heterocycles. The molecule has 0 amide bonds. The number of rotatable bonds is 2. The highest BCUT2D eigenvalue weighted by Gasteiger charge is 2.22. The Kier molecular flexibility index (Phi) is 2.97. The Balaban J connectivity index is 2.86. The second-order valence-corrected chi connectivity index (χ2v) is 4.63. The molecule has 1 unspecified atom stereocenters. The molecule has 0 aromatic heterocycles. The van der Waals surface area contributed by atoms with Crippen molar-refractivity contribution in [2.24, 2.45) is 11.1 Å². The molecule has 2 N–H and O–H groups in total. The zero-order valence-corrected chi connectivity index (χ0v) is 9.22. The van der Waals surface area contributed by atoms with Crippen LogP contribution in [0.3, 0.4) is 0 Å². The lowest BCUT2D eigenvalue weighted by atomic mass is 9.77. The van der Waals surface area contributed by atoms with E-state index in [1.54, 1.807) is 0 Å². The number of hydrogen-bond donors (Lipinski definition) is 1. The summed E-state index contributed by atoms with van der Waals surface area (Å²) in [7, 11) is 0. The fourth-order valence-corrected chi connectivity index (χ4v) is 1.53. The third kappa shape index (κ3) is 2.22. The maximum Gasteiger partial charge on any atom is 0.0289 e. The van der Waals surface area contributed by atoms with Crippen molar-refractivity contribution in [3.05, 3.63) is 23.3 Å². The van der Waals surface area contributed by atoms with E-state index in [1.165, 1.54) is 17.6 Å².